The summed E-state index contributed by atoms with van der Waals surface area (Å²) in [5.41, 5.74) is 2.43. The number of hydrogen-bond donors (Lipinski definition) is 0. The number of aryl methyl sites for hydroxylation is 2. The van der Waals surface area contributed by atoms with E-state index >= 15 is 0 Å². The average molecular weight is 292 g/mol. The van der Waals surface area contributed by atoms with Gasteiger partial charge < -0.3 is 0 Å². The van der Waals surface area contributed by atoms with Crippen molar-refractivity contribution in [2.24, 2.45) is 0 Å². The van der Waals surface area contributed by atoms with E-state index in [1.807, 2.05) is 18.2 Å². The normalized spacial score (nSPS) is 14.8. The predicted octanol–water partition coefficient (Wildman–Crippen LogP) is 2.49. The van der Waals surface area contributed by atoms with E-state index in [0.717, 1.165) is 24.8 Å². The van der Waals surface area contributed by atoms with E-state index in [9.17, 15) is 8.42 Å². The zero-order chi connectivity index (χ0) is 14.6. The molecule has 0 N–H and O–H groups in total. The van der Waals surface area contributed by atoms with Crippen LogP contribution in [0.4, 0.5) is 0 Å². The molecule has 0 heterocycles. The highest BCUT2D eigenvalue weighted by molar-refractivity contribution is 7.89. The molecule has 5 heteroatoms. The Hall–Kier alpha value is -1.38. The Kier molecular flexibility index (Phi) is 4.79. The van der Waals surface area contributed by atoms with Gasteiger partial charge in [-0.15, -0.1) is 0 Å². The number of rotatable bonds is 5. The van der Waals surface area contributed by atoms with E-state index in [-0.39, 0.29) is 13.0 Å². The van der Waals surface area contributed by atoms with E-state index < -0.39 is 10.0 Å². The molecule has 0 unspecified atom stereocenters. The first-order valence-corrected chi connectivity index (χ1v) is 8.52. The topological polar surface area (TPSA) is 61.2 Å². The summed E-state index contributed by atoms with van der Waals surface area (Å²) in [6.07, 6.45) is 4.54. The number of benzene rings is 1. The highest BCUT2D eigenvalue weighted by atomic mass is 32.2. The van der Waals surface area contributed by atoms with Gasteiger partial charge in [0, 0.05) is 19.5 Å². The molecule has 1 aromatic carbocycles. The zero-order valence-electron chi connectivity index (χ0n) is 11.8. The zero-order valence-corrected chi connectivity index (χ0v) is 12.6. The summed E-state index contributed by atoms with van der Waals surface area (Å²) >= 11 is 0. The molecule has 0 bridgehead atoms. The molecule has 1 aliphatic carbocycles. The number of nitriles is 1. The van der Waals surface area contributed by atoms with Crippen molar-refractivity contribution in [2.75, 3.05) is 13.1 Å². The molecule has 0 fully saturated rings. The second kappa shape index (κ2) is 6.38. The molecule has 1 aromatic rings. The van der Waals surface area contributed by atoms with E-state index in [1.54, 1.807) is 13.0 Å². The Morgan fingerprint density at radius 1 is 1.25 bits per heavy atom. The second-order valence-electron chi connectivity index (χ2n) is 5.04. The van der Waals surface area contributed by atoms with E-state index in [1.165, 1.54) is 16.3 Å². The number of sulfonamides is 1. The highest BCUT2D eigenvalue weighted by Gasteiger charge is 2.24. The van der Waals surface area contributed by atoms with Crippen molar-refractivity contribution in [3.8, 4) is 6.07 Å². The van der Waals surface area contributed by atoms with E-state index in [4.69, 9.17) is 5.26 Å². The van der Waals surface area contributed by atoms with Crippen molar-refractivity contribution in [3.05, 3.63) is 29.3 Å². The van der Waals surface area contributed by atoms with Crippen LogP contribution in [0.3, 0.4) is 0 Å². The van der Waals surface area contributed by atoms with Crippen molar-refractivity contribution >= 4 is 10.0 Å². The molecule has 0 atom stereocenters. The molecule has 0 spiro atoms. The van der Waals surface area contributed by atoms with Gasteiger partial charge >= 0.3 is 0 Å². The average Bonchev–Trinajstić information content (AvgIpc) is 2.47. The van der Waals surface area contributed by atoms with E-state index in [0.29, 0.717) is 11.4 Å². The maximum absolute atomic E-state index is 12.6. The number of hydrogen-bond acceptors (Lipinski definition) is 3. The molecule has 0 aliphatic heterocycles. The smallest absolute Gasteiger partial charge is 0.207 e. The Balaban J connectivity index is 2.31. The summed E-state index contributed by atoms with van der Waals surface area (Å²) in [5.74, 6) is 0. The summed E-state index contributed by atoms with van der Waals surface area (Å²) in [7, 11) is -3.47. The minimum absolute atomic E-state index is 0.220. The molecule has 0 amide bonds. The fraction of sp³-hybridized carbons (Fsp3) is 0.533. The Morgan fingerprint density at radius 3 is 2.60 bits per heavy atom. The van der Waals surface area contributed by atoms with Gasteiger partial charge in [-0.3, -0.25) is 0 Å². The van der Waals surface area contributed by atoms with Gasteiger partial charge in [0.2, 0.25) is 10.0 Å². The van der Waals surface area contributed by atoms with Crippen LogP contribution in [0, 0.1) is 11.3 Å². The SMILES string of the molecule is CCN(CCC#N)S(=O)(=O)c1ccc2c(c1)CCCC2. The van der Waals surface area contributed by atoms with Crippen LogP contribution < -0.4 is 0 Å². The lowest BCUT2D eigenvalue weighted by molar-refractivity contribution is 0.435. The van der Waals surface area contributed by atoms with Gasteiger partial charge in [-0.25, -0.2) is 8.42 Å². The fourth-order valence-corrected chi connectivity index (χ4v) is 4.14. The van der Waals surface area contributed by atoms with Crippen LogP contribution >= 0.6 is 0 Å². The van der Waals surface area contributed by atoms with Crippen LogP contribution in [0.25, 0.3) is 0 Å². The van der Waals surface area contributed by atoms with Crippen LogP contribution in [0.1, 0.15) is 37.3 Å². The van der Waals surface area contributed by atoms with Gasteiger partial charge in [-0.05, 0) is 48.9 Å². The first-order valence-electron chi connectivity index (χ1n) is 7.08. The molecule has 108 valence electrons. The van der Waals surface area contributed by atoms with Crippen LogP contribution in [-0.4, -0.2) is 25.8 Å². The van der Waals surface area contributed by atoms with Crippen LogP contribution in [-0.2, 0) is 22.9 Å². The van der Waals surface area contributed by atoms with Crippen molar-refractivity contribution in [1.29, 1.82) is 5.26 Å². The summed E-state index contributed by atoms with van der Waals surface area (Å²) in [4.78, 5) is 0.359. The first-order chi connectivity index (χ1) is 9.59. The van der Waals surface area contributed by atoms with Crippen molar-refractivity contribution in [2.45, 2.75) is 43.9 Å². The Labute approximate surface area is 121 Å². The van der Waals surface area contributed by atoms with Gasteiger partial charge in [-0.1, -0.05) is 13.0 Å². The molecule has 0 saturated carbocycles. The van der Waals surface area contributed by atoms with Crippen molar-refractivity contribution < 1.29 is 8.42 Å². The quantitative estimate of drug-likeness (QED) is 0.837. The fourth-order valence-electron chi connectivity index (χ4n) is 2.64. The maximum Gasteiger partial charge on any atom is 0.243 e. The Bertz CT molecular complexity index is 617. The molecule has 0 saturated heterocycles. The lowest BCUT2D eigenvalue weighted by Gasteiger charge is -2.21. The van der Waals surface area contributed by atoms with Crippen molar-refractivity contribution in [3.63, 3.8) is 0 Å². The van der Waals surface area contributed by atoms with E-state index in [2.05, 4.69) is 0 Å². The van der Waals surface area contributed by atoms with Gasteiger partial charge in [0.1, 0.15) is 0 Å². The molecule has 2 rings (SSSR count). The van der Waals surface area contributed by atoms with Gasteiger partial charge in [0.15, 0.2) is 0 Å². The summed E-state index contributed by atoms with van der Waals surface area (Å²) in [5, 5.41) is 8.63. The second-order valence-corrected chi connectivity index (χ2v) is 6.98. The van der Waals surface area contributed by atoms with Crippen LogP contribution in [0.15, 0.2) is 23.1 Å². The molecular formula is C15H20N2O2S. The van der Waals surface area contributed by atoms with Gasteiger partial charge in [-0.2, -0.15) is 9.57 Å². The third kappa shape index (κ3) is 3.02. The first kappa shape index (κ1) is 15.0. The standard InChI is InChI=1S/C15H20N2O2S/c1-2-17(11-5-10-16)20(18,19)15-9-8-13-6-3-4-7-14(13)12-15/h8-9,12H,2-7,11H2,1H3. The lowest BCUT2D eigenvalue weighted by Crippen LogP contribution is -2.31. The number of fused-ring (bicyclic) bond motifs is 1. The summed E-state index contributed by atoms with van der Waals surface area (Å²) < 4.78 is 26.5. The van der Waals surface area contributed by atoms with Crippen LogP contribution in [0.5, 0.6) is 0 Å². The molecular weight excluding hydrogens is 272 g/mol. The van der Waals surface area contributed by atoms with Gasteiger partial charge in [0.25, 0.3) is 0 Å². The molecule has 20 heavy (non-hydrogen) atoms. The van der Waals surface area contributed by atoms with Crippen LogP contribution in [0.2, 0.25) is 0 Å². The molecule has 0 aromatic heterocycles. The summed E-state index contributed by atoms with van der Waals surface area (Å²) in [6.45, 7) is 2.45. The largest absolute Gasteiger partial charge is 0.243 e. The molecule has 1 aliphatic rings. The third-order valence-electron chi connectivity index (χ3n) is 3.78. The Morgan fingerprint density at radius 2 is 1.95 bits per heavy atom. The number of nitrogens with zero attached hydrogens (tertiary/aromatic N) is 2. The predicted molar refractivity (Wildman–Crippen MR) is 77.7 cm³/mol. The monoisotopic (exact) mass is 292 g/mol. The van der Waals surface area contributed by atoms with Crippen molar-refractivity contribution in [1.82, 2.24) is 4.31 Å². The molecule has 0 radical (unpaired) electrons. The van der Waals surface area contributed by atoms with Gasteiger partial charge in [0.05, 0.1) is 11.0 Å². The lowest BCUT2D eigenvalue weighted by atomic mass is 9.92. The summed E-state index contributed by atoms with van der Waals surface area (Å²) in [6, 6.07) is 7.47. The minimum atomic E-state index is -3.47. The molecule has 4 nitrogen and oxygen atoms in total. The highest BCUT2D eigenvalue weighted by Crippen LogP contribution is 2.25. The minimum Gasteiger partial charge on any atom is -0.207 e. The maximum atomic E-state index is 12.6. The third-order valence-corrected chi connectivity index (χ3v) is 5.75.